The van der Waals surface area contributed by atoms with Crippen molar-refractivity contribution in [1.82, 2.24) is 31.1 Å². The van der Waals surface area contributed by atoms with Crippen molar-refractivity contribution in [2.45, 2.75) is 89.5 Å². The van der Waals surface area contributed by atoms with Gasteiger partial charge in [-0.2, -0.15) is 0 Å². The predicted molar refractivity (Wildman–Crippen MR) is 133 cm³/mol. The summed E-state index contributed by atoms with van der Waals surface area (Å²) in [6.45, 7) is 13.7. The number of carbonyl (C=O) groups is 5. The average Bonchev–Trinajstić information content (AvgIpc) is 3.25. The maximum Gasteiger partial charge on any atom is 0.410 e. The normalized spacial score (nSPS) is 22.4. The molecule has 0 unspecified atom stereocenters. The zero-order chi connectivity index (χ0) is 27.6. The van der Waals surface area contributed by atoms with Gasteiger partial charge in [-0.25, -0.2) is 19.2 Å². The van der Waals surface area contributed by atoms with Crippen LogP contribution in [0.1, 0.15) is 67.2 Å². The highest BCUT2D eigenvalue weighted by molar-refractivity contribution is 6.07. The van der Waals surface area contributed by atoms with E-state index in [0.29, 0.717) is 45.6 Å². The molecule has 37 heavy (non-hydrogen) atoms. The molecule has 4 rings (SSSR count). The summed E-state index contributed by atoms with van der Waals surface area (Å²) in [6.07, 6.45) is 1.70. The van der Waals surface area contributed by atoms with Crippen LogP contribution < -0.4 is 21.3 Å². The van der Waals surface area contributed by atoms with Gasteiger partial charge in [-0.3, -0.25) is 10.1 Å². The van der Waals surface area contributed by atoms with Crippen LogP contribution in [-0.4, -0.2) is 95.0 Å². The highest BCUT2D eigenvalue weighted by Crippen LogP contribution is 2.27. The molecule has 0 aromatic carbocycles. The summed E-state index contributed by atoms with van der Waals surface area (Å²) < 4.78 is 10.6. The lowest BCUT2D eigenvalue weighted by molar-refractivity contribution is -0.125. The third kappa shape index (κ3) is 7.39. The lowest BCUT2D eigenvalue weighted by Gasteiger charge is -2.38. The average molecular weight is 525 g/mol. The molecule has 4 aliphatic rings. The summed E-state index contributed by atoms with van der Waals surface area (Å²) in [5.74, 6) is -0.304. The van der Waals surface area contributed by atoms with Crippen molar-refractivity contribution in [3.8, 4) is 0 Å². The van der Waals surface area contributed by atoms with E-state index in [-0.39, 0.29) is 29.7 Å². The van der Waals surface area contributed by atoms with Gasteiger partial charge in [-0.05, 0) is 67.2 Å². The summed E-state index contributed by atoms with van der Waals surface area (Å²) in [6, 6.07) is -0.573. The molecule has 0 atom stereocenters. The van der Waals surface area contributed by atoms with Crippen LogP contribution in [0.15, 0.2) is 0 Å². The first-order valence-electron chi connectivity index (χ1n) is 12.7. The van der Waals surface area contributed by atoms with Gasteiger partial charge in [0.05, 0.1) is 5.54 Å². The fraction of sp³-hybridized carbons (Fsp3) is 0.792. The molecule has 0 aliphatic carbocycles. The van der Waals surface area contributed by atoms with Crippen LogP contribution in [0.25, 0.3) is 0 Å². The minimum Gasteiger partial charge on any atom is -0.444 e. The summed E-state index contributed by atoms with van der Waals surface area (Å²) in [5, 5.41) is 10.6. The molecule has 4 saturated heterocycles. The van der Waals surface area contributed by atoms with Crippen LogP contribution in [0, 0.1) is 0 Å². The summed E-state index contributed by atoms with van der Waals surface area (Å²) in [7, 11) is 0. The van der Waals surface area contributed by atoms with E-state index in [0.717, 1.165) is 12.8 Å². The fourth-order valence-electron chi connectivity index (χ4n) is 4.60. The number of hydrogen-bond acceptors (Lipinski definition) is 7. The Morgan fingerprint density at radius 2 is 1.19 bits per heavy atom. The molecule has 4 heterocycles. The maximum atomic E-state index is 11.9. The number of ether oxygens (including phenoxy) is 2. The number of hydrogen-bond donors (Lipinski definition) is 4. The van der Waals surface area contributed by atoms with Gasteiger partial charge in [-0.1, -0.05) is 0 Å². The Kier molecular flexibility index (Phi) is 7.85. The molecule has 208 valence electrons. The number of imide groups is 1. The Morgan fingerprint density at radius 1 is 0.730 bits per heavy atom. The zero-order valence-electron chi connectivity index (χ0n) is 22.6. The molecule has 2 spiro atoms. The van der Waals surface area contributed by atoms with Crippen LogP contribution >= 0.6 is 0 Å². The second-order valence-electron chi connectivity index (χ2n) is 12.0. The number of nitrogens with one attached hydrogen (secondary N) is 4. The van der Waals surface area contributed by atoms with Gasteiger partial charge < -0.3 is 35.2 Å². The van der Waals surface area contributed by atoms with Crippen molar-refractivity contribution in [2.24, 2.45) is 0 Å². The van der Waals surface area contributed by atoms with Crippen LogP contribution in [0.4, 0.5) is 19.2 Å². The number of carbonyl (C=O) groups excluding carboxylic acids is 5. The highest BCUT2D eigenvalue weighted by atomic mass is 16.6. The van der Waals surface area contributed by atoms with E-state index < -0.39 is 22.8 Å². The number of urea groups is 2. The molecule has 7 amide bonds. The first-order chi connectivity index (χ1) is 17.0. The van der Waals surface area contributed by atoms with Crippen molar-refractivity contribution in [3.05, 3.63) is 0 Å². The van der Waals surface area contributed by atoms with Crippen molar-refractivity contribution in [1.29, 1.82) is 0 Å². The Balaban J connectivity index is 0.000000206. The van der Waals surface area contributed by atoms with Gasteiger partial charge in [0.2, 0.25) is 0 Å². The van der Waals surface area contributed by atoms with Crippen molar-refractivity contribution < 1.29 is 33.4 Å². The number of rotatable bonds is 0. The topological polar surface area (TPSA) is 158 Å². The fourth-order valence-corrected chi connectivity index (χ4v) is 4.60. The van der Waals surface area contributed by atoms with Gasteiger partial charge in [0, 0.05) is 32.7 Å². The molecule has 0 radical (unpaired) electrons. The molecule has 0 saturated carbocycles. The minimum atomic E-state index is -0.852. The van der Waals surface area contributed by atoms with E-state index in [4.69, 9.17) is 9.47 Å². The van der Waals surface area contributed by atoms with Crippen LogP contribution in [0.5, 0.6) is 0 Å². The zero-order valence-corrected chi connectivity index (χ0v) is 22.6. The molecular weight excluding hydrogens is 484 g/mol. The smallest absolute Gasteiger partial charge is 0.410 e. The first kappa shape index (κ1) is 28.3. The standard InChI is InChI=1S/C12H19N3O4.C12H21N3O3/c1-11(2,3)19-10(18)15-6-4-12(5-7-15)8(16)13-9(17)14-12;1-11(2,3)18-10(17)15-6-4-12(5-7-15)8-13-9(16)14-12/h4-7H2,1-3H3,(H2,13,14,16,17);4-8H2,1-3H3,(H2,13,14,16). The van der Waals surface area contributed by atoms with Gasteiger partial charge in [0.25, 0.3) is 5.91 Å². The number of piperidine rings is 2. The summed E-state index contributed by atoms with van der Waals surface area (Å²) in [4.78, 5) is 61.1. The number of likely N-dealkylation sites (tertiary alicyclic amines) is 2. The molecule has 0 bridgehead atoms. The highest BCUT2D eigenvalue weighted by Gasteiger charge is 2.48. The van der Waals surface area contributed by atoms with Crippen LogP contribution in [0.2, 0.25) is 0 Å². The molecular formula is C24H40N6O7. The Morgan fingerprint density at radius 3 is 1.54 bits per heavy atom. The summed E-state index contributed by atoms with van der Waals surface area (Å²) >= 11 is 0. The molecule has 4 N–H and O–H groups in total. The second kappa shape index (κ2) is 10.3. The summed E-state index contributed by atoms with van der Waals surface area (Å²) in [5.41, 5.74) is -2.02. The second-order valence-corrected chi connectivity index (χ2v) is 12.0. The SMILES string of the molecule is CC(C)(C)OC(=O)N1CCC2(CC1)CNC(=O)N2.CC(C)(C)OC(=O)N1CCC2(CC1)NC(=O)NC2=O. The van der Waals surface area contributed by atoms with Crippen molar-refractivity contribution >= 4 is 30.2 Å². The van der Waals surface area contributed by atoms with E-state index in [2.05, 4.69) is 21.3 Å². The van der Waals surface area contributed by atoms with Crippen LogP contribution in [0.3, 0.4) is 0 Å². The molecule has 0 aromatic rings. The van der Waals surface area contributed by atoms with E-state index in [9.17, 15) is 24.0 Å². The largest absolute Gasteiger partial charge is 0.444 e. The quantitative estimate of drug-likeness (QED) is 0.351. The number of nitrogens with zero attached hydrogens (tertiary/aromatic N) is 2. The van der Waals surface area contributed by atoms with Gasteiger partial charge >= 0.3 is 24.2 Å². The maximum absolute atomic E-state index is 11.9. The molecule has 13 nitrogen and oxygen atoms in total. The molecule has 4 aliphatic heterocycles. The number of amides is 7. The van der Waals surface area contributed by atoms with Crippen molar-refractivity contribution in [2.75, 3.05) is 32.7 Å². The third-order valence-corrected chi connectivity index (χ3v) is 6.62. The molecule has 4 fully saturated rings. The monoisotopic (exact) mass is 524 g/mol. The Bertz CT molecular complexity index is 923. The third-order valence-electron chi connectivity index (χ3n) is 6.62. The minimum absolute atomic E-state index is 0.110. The molecule has 13 heteroatoms. The van der Waals surface area contributed by atoms with Crippen molar-refractivity contribution in [3.63, 3.8) is 0 Å². The van der Waals surface area contributed by atoms with E-state index >= 15 is 0 Å². The first-order valence-corrected chi connectivity index (χ1v) is 12.7. The van der Waals surface area contributed by atoms with Gasteiger partial charge in [0.15, 0.2) is 0 Å². The Labute approximate surface area is 217 Å². The Hall–Kier alpha value is -3.25. The van der Waals surface area contributed by atoms with Gasteiger partial charge in [-0.15, -0.1) is 0 Å². The lowest BCUT2D eigenvalue weighted by Crippen LogP contribution is -2.56. The lowest BCUT2D eigenvalue weighted by atomic mass is 9.88. The van der Waals surface area contributed by atoms with Crippen LogP contribution in [-0.2, 0) is 14.3 Å². The molecule has 0 aromatic heterocycles. The van der Waals surface area contributed by atoms with E-state index in [1.807, 2.05) is 20.8 Å². The van der Waals surface area contributed by atoms with E-state index in [1.165, 1.54) is 0 Å². The van der Waals surface area contributed by atoms with Gasteiger partial charge in [0.1, 0.15) is 16.7 Å². The van der Waals surface area contributed by atoms with E-state index in [1.54, 1.807) is 30.6 Å². The predicted octanol–water partition coefficient (Wildman–Crippen LogP) is 1.66.